The largest absolute Gasteiger partial charge is 0.248 e. The van der Waals surface area contributed by atoms with E-state index in [1.807, 2.05) is 0 Å². The summed E-state index contributed by atoms with van der Waals surface area (Å²) >= 11 is 6.19. The summed E-state index contributed by atoms with van der Waals surface area (Å²) in [6.07, 6.45) is 3.71. The molecule has 0 saturated carbocycles. The summed E-state index contributed by atoms with van der Waals surface area (Å²) in [5.41, 5.74) is 1.83. The first kappa shape index (κ1) is 14.7. The van der Waals surface area contributed by atoms with Crippen LogP contribution in [0, 0.1) is 11.3 Å². The lowest BCUT2D eigenvalue weighted by Gasteiger charge is -2.24. The van der Waals surface area contributed by atoms with Gasteiger partial charge in [0.05, 0.1) is 5.69 Å². The molecule has 106 valence electrons. The first-order chi connectivity index (χ1) is 8.58. The molecule has 1 unspecified atom stereocenters. The van der Waals surface area contributed by atoms with Gasteiger partial charge >= 0.3 is 0 Å². The van der Waals surface area contributed by atoms with E-state index in [4.69, 9.17) is 11.6 Å². The molecule has 4 nitrogen and oxygen atoms in total. The zero-order valence-corrected chi connectivity index (χ0v) is 13.3. The summed E-state index contributed by atoms with van der Waals surface area (Å²) in [5, 5.41) is 0.121. The quantitative estimate of drug-likeness (QED) is 0.454. The highest BCUT2D eigenvalue weighted by Crippen LogP contribution is 2.38. The molecule has 0 aliphatic heterocycles. The maximum atomic E-state index is 11.6. The molecule has 1 atom stereocenters. The van der Waals surface area contributed by atoms with Crippen molar-refractivity contribution in [3.63, 3.8) is 0 Å². The van der Waals surface area contributed by atoms with Crippen LogP contribution in [-0.2, 0) is 22.7 Å². The Bertz CT molecular complexity index is 611. The second-order valence-electron chi connectivity index (χ2n) is 6.35. The van der Waals surface area contributed by atoms with Crippen molar-refractivity contribution in [2.75, 3.05) is 6.26 Å². The third-order valence-corrected chi connectivity index (χ3v) is 4.61. The molecule has 19 heavy (non-hydrogen) atoms. The molecule has 1 aromatic rings. The number of hydrogen-bond donors (Lipinski definition) is 0. The fraction of sp³-hybridized carbons (Fsp3) is 0.692. The van der Waals surface area contributed by atoms with Gasteiger partial charge < -0.3 is 0 Å². The summed E-state index contributed by atoms with van der Waals surface area (Å²) in [7, 11) is -3.42. The van der Waals surface area contributed by atoms with Crippen LogP contribution in [-0.4, -0.2) is 24.6 Å². The molecule has 0 N–H and O–H groups in total. The summed E-state index contributed by atoms with van der Waals surface area (Å²) in [6.45, 7) is 6.55. The van der Waals surface area contributed by atoms with Crippen LogP contribution in [0.15, 0.2) is 5.16 Å². The number of rotatable bonds is 1. The Labute approximate surface area is 119 Å². The topological polar surface area (TPSA) is 59.9 Å². The average Bonchev–Trinajstić information content (AvgIpc) is 2.30. The maximum Gasteiger partial charge on any atom is 0.248 e. The van der Waals surface area contributed by atoms with Gasteiger partial charge in [-0.25, -0.2) is 18.4 Å². The Morgan fingerprint density at radius 2 is 1.95 bits per heavy atom. The average molecular weight is 303 g/mol. The summed E-state index contributed by atoms with van der Waals surface area (Å²) in [4.78, 5) is 8.19. The minimum absolute atomic E-state index is 0.129. The first-order valence-corrected chi connectivity index (χ1v) is 8.61. The molecule has 1 aromatic heterocycles. The number of hydrogen-bond acceptors (Lipinski definition) is 4. The molecule has 0 aromatic carbocycles. The SMILES string of the molecule is CC1Cc2nc(S(C)(=O)=O)nc(Cl)c2CC(C)(C)C1. The second kappa shape index (κ2) is 4.70. The van der Waals surface area contributed by atoms with Crippen LogP contribution in [0.2, 0.25) is 5.15 Å². The molecule has 2 rings (SSSR count). The number of fused-ring (bicyclic) bond motifs is 1. The smallest absolute Gasteiger partial charge is 0.223 e. The minimum Gasteiger partial charge on any atom is -0.223 e. The highest BCUT2D eigenvalue weighted by molar-refractivity contribution is 7.90. The van der Waals surface area contributed by atoms with Gasteiger partial charge in [-0.15, -0.1) is 0 Å². The molecule has 6 heteroatoms. The van der Waals surface area contributed by atoms with Crippen molar-refractivity contribution in [2.45, 2.75) is 45.2 Å². The highest BCUT2D eigenvalue weighted by atomic mass is 35.5. The van der Waals surface area contributed by atoms with Crippen molar-refractivity contribution >= 4 is 21.4 Å². The second-order valence-corrected chi connectivity index (χ2v) is 8.62. The molecule has 1 aliphatic rings. The van der Waals surface area contributed by atoms with Crippen LogP contribution in [0.4, 0.5) is 0 Å². The zero-order chi connectivity index (χ0) is 14.4. The lowest BCUT2D eigenvalue weighted by molar-refractivity contribution is 0.285. The molecular formula is C13H19ClN2O2S. The zero-order valence-electron chi connectivity index (χ0n) is 11.7. The molecule has 1 heterocycles. The van der Waals surface area contributed by atoms with Gasteiger partial charge in [0.2, 0.25) is 15.0 Å². The van der Waals surface area contributed by atoms with Crippen molar-refractivity contribution in [3.05, 3.63) is 16.4 Å². The lowest BCUT2D eigenvalue weighted by atomic mass is 9.81. The Kier molecular flexibility index (Phi) is 3.64. The van der Waals surface area contributed by atoms with E-state index in [0.717, 1.165) is 36.8 Å². The molecule has 0 amide bonds. The summed E-state index contributed by atoms with van der Waals surface area (Å²) in [6, 6.07) is 0. The predicted molar refractivity (Wildman–Crippen MR) is 75.1 cm³/mol. The van der Waals surface area contributed by atoms with Gasteiger partial charge in [-0.3, -0.25) is 0 Å². The Morgan fingerprint density at radius 3 is 2.53 bits per heavy atom. The van der Waals surface area contributed by atoms with E-state index in [1.54, 1.807) is 0 Å². The number of nitrogens with zero attached hydrogens (tertiary/aromatic N) is 2. The normalized spacial score (nSPS) is 22.7. The van der Waals surface area contributed by atoms with Crippen LogP contribution in [0.25, 0.3) is 0 Å². The van der Waals surface area contributed by atoms with Crippen LogP contribution < -0.4 is 0 Å². The number of halogens is 1. The van der Waals surface area contributed by atoms with Gasteiger partial charge in [-0.2, -0.15) is 0 Å². The molecule has 0 radical (unpaired) electrons. The van der Waals surface area contributed by atoms with E-state index in [2.05, 4.69) is 30.7 Å². The predicted octanol–water partition coefficient (Wildman–Crippen LogP) is 2.68. The van der Waals surface area contributed by atoms with Crippen molar-refractivity contribution in [1.29, 1.82) is 0 Å². The van der Waals surface area contributed by atoms with Gasteiger partial charge in [0.1, 0.15) is 5.15 Å². The first-order valence-electron chi connectivity index (χ1n) is 6.34. The number of aromatic nitrogens is 2. The molecule has 1 aliphatic carbocycles. The van der Waals surface area contributed by atoms with Crippen LogP contribution in [0.5, 0.6) is 0 Å². The monoisotopic (exact) mass is 302 g/mol. The van der Waals surface area contributed by atoms with E-state index < -0.39 is 9.84 Å². The van der Waals surface area contributed by atoms with Gasteiger partial charge in [0, 0.05) is 11.8 Å². The molecule has 0 bridgehead atoms. The van der Waals surface area contributed by atoms with Crippen LogP contribution in [0.3, 0.4) is 0 Å². The lowest BCUT2D eigenvalue weighted by Crippen LogP contribution is -2.17. The van der Waals surface area contributed by atoms with Gasteiger partial charge in [0.25, 0.3) is 0 Å². The Morgan fingerprint density at radius 1 is 1.32 bits per heavy atom. The van der Waals surface area contributed by atoms with Crippen LogP contribution in [0.1, 0.15) is 38.4 Å². The molecular weight excluding hydrogens is 284 g/mol. The van der Waals surface area contributed by atoms with E-state index in [-0.39, 0.29) is 15.7 Å². The third-order valence-electron chi connectivity index (χ3n) is 3.45. The van der Waals surface area contributed by atoms with Gasteiger partial charge in [0.15, 0.2) is 0 Å². The summed E-state index contributed by atoms with van der Waals surface area (Å²) < 4.78 is 23.2. The highest BCUT2D eigenvalue weighted by Gasteiger charge is 2.30. The number of sulfone groups is 1. The van der Waals surface area contributed by atoms with Crippen LogP contribution >= 0.6 is 11.6 Å². The Balaban J connectivity index is 2.59. The van der Waals surface area contributed by atoms with E-state index >= 15 is 0 Å². The fourth-order valence-corrected chi connectivity index (χ4v) is 3.72. The van der Waals surface area contributed by atoms with Gasteiger partial charge in [-0.05, 0) is 30.6 Å². The van der Waals surface area contributed by atoms with E-state index in [0.29, 0.717) is 5.92 Å². The van der Waals surface area contributed by atoms with Crippen molar-refractivity contribution < 1.29 is 8.42 Å². The molecule has 0 fully saturated rings. The van der Waals surface area contributed by atoms with Crippen molar-refractivity contribution in [1.82, 2.24) is 9.97 Å². The van der Waals surface area contributed by atoms with Crippen molar-refractivity contribution in [2.24, 2.45) is 11.3 Å². The van der Waals surface area contributed by atoms with Crippen molar-refractivity contribution in [3.8, 4) is 0 Å². The maximum absolute atomic E-state index is 11.6. The Hall–Kier alpha value is -0.680. The molecule has 0 spiro atoms. The molecule has 0 saturated heterocycles. The van der Waals surface area contributed by atoms with E-state index in [1.165, 1.54) is 0 Å². The standard InChI is InChI=1S/C13H19ClN2O2S/c1-8-5-10-9(7-13(2,3)6-8)11(14)16-12(15-10)19(4,17)18/h8H,5-7H2,1-4H3. The summed E-state index contributed by atoms with van der Waals surface area (Å²) in [5.74, 6) is 0.453. The minimum atomic E-state index is -3.42. The third kappa shape index (κ3) is 3.26. The van der Waals surface area contributed by atoms with Gasteiger partial charge in [-0.1, -0.05) is 32.4 Å². The van der Waals surface area contributed by atoms with E-state index in [9.17, 15) is 8.42 Å². The fourth-order valence-electron chi connectivity index (χ4n) is 2.88.